The highest BCUT2D eigenvalue weighted by Crippen LogP contribution is 2.21. The molecule has 0 radical (unpaired) electrons. The number of nitrogens with zero attached hydrogens (tertiary/aromatic N) is 2. The fourth-order valence-corrected chi connectivity index (χ4v) is 2.74. The molecule has 0 saturated carbocycles. The summed E-state index contributed by atoms with van der Waals surface area (Å²) in [5.74, 6) is 0.690. The predicted molar refractivity (Wildman–Crippen MR) is 107 cm³/mol. The standard InChI is InChI=1S/C22H26N2O3/c1-3-16(2)22(25)27-14-8-4-7-13-26-17-11-12-20-21(15-17)24-19-10-6-5-9-18(19)23-20/h5-6,9-12,15-16H,3-4,7-8,13-14H2,1-2H3. The maximum atomic E-state index is 11.6. The molecule has 0 aliphatic carbocycles. The zero-order valence-corrected chi connectivity index (χ0v) is 16.0. The van der Waals surface area contributed by atoms with Crippen molar-refractivity contribution in [3.63, 3.8) is 0 Å². The highest BCUT2D eigenvalue weighted by atomic mass is 16.5. The Kier molecular flexibility index (Phi) is 6.58. The second-order valence-electron chi connectivity index (χ2n) is 6.75. The van der Waals surface area contributed by atoms with Crippen LogP contribution in [0.5, 0.6) is 5.75 Å². The molecule has 2 aromatic carbocycles. The van der Waals surface area contributed by atoms with Crippen LogP contribution in [0.25, 0.3) is 22.1 Å². The van der Waals surface area contributed by atoms with Gasteiger partial charge < -0.3 is 9.47 Å². The van der Waals surface area contributed by atoms with Gasteiger partial charge in [-0.2, -0.15) is 0 Å². The van der Waals surface area contributed by atoms with E-state index in [1.54, 1.807) is 0 Å². The summed E-state index contributed by atoms with van der Waals surface area (Å²) >= 11 is 0. The van der Waals surface area contributed by atoms with Crippen molar-refractivity contribution in [2.24, 2.45) is 5.92 Å². The van der Waals surface area contributed by atoms with Crippen LogP contribution in [0.3, 0.4) is 0 Å². The van der Waals surface area contributed by atoms with E-state index in [0.717, 1.165) is 53.5 Å². The molecule has 0 amide bonds. The first-order valence-corrected chi connectivity index (χ1v) is 9.63. The maximum absolute atomic E-state index is 11.6. The number of para-hydroxylation sites is 2. The van der Waals surface area contributed by atoms with E-state index in [2.05, 4.69) is 9.97 Å². The third kappa shape index (κ3) is 5.16. The quantitative estimate of drug-likeness (QED) is 0.305. The number of aromatic nitrogens is 2. The summed E-state index contributed by atoms with van der Waals surface area (Å²) in [6.07, 6.45) is 3.56. The normalized spacial score (nSPS) is 12.2. The van der Waals surface area contributed by atoms with E-state index < -0.39 is 0 Å². The first-order valence-electron chi connectivity index (χ1n) is 9.63. The Labute approximate surface area is 159 Å². The molecule has 0 N–H and O–H groups in total. The van der Waals surface area contributed by atoms with Gasteiger partial charge in [-0.05, 0) is 49.9 Å². The van der Waals surface area contributed by atoms with Crippen molar-refractivity contribution in [1.82, 2.24) is 9.97 Å². The molecule has 1 aromatic heterocycles. The molecule has 0 spiro atoms. The summed E-state index contributed by atoms with van der Waals surface area (Å²) in [4.78, 5) is 20.9. The van der Waals surface area contributed by atoms with Crippen LogP contribution in [-0.4, -0.2) is 29.2 Å². The Bertz CT molecular complexity index is 910. The summed E-state index contributed by atoms with van der Waals surface area (Å²) in [5, 5.41) is 0. The molecule has 1 unspecified atom stereocenters. The molecule has 142 valence electrons. The average Bonchev–Trinajstić information content (AvgIpc) is 2.70. The fourth-order valence-electron chi connectivity index (χ4n) is 2.74. The van der Waals surface area contributed by atoms with Crippen molar-refractivity contribution in [2.45, 2.75) is 39.5 Å². The minimum Gasteiger partial charge on any atom is -0.494 e. The van der Waals surface area contributed by atoms with Crippen LogP contribution in [0, 0.1) is 5.92 Å². The minimum absolute atomic E-state index is 0.0125. The number of fused-ring (bicyclic) bond motifs is 2. The lowest BCUT2D eigenvalue weighted by Gasteiger charge is -2.09. The van der Waals surface area contributed by atoms with Crippen molar-refractivity contribution in [3.8, 4) is 5.75 Å². The molecular formula is C22H26N2O3. The first kappa shape index (κ1) is 19.1. The second kappa shape index (κ2) is 9.31. The van der Waals surface area contributed by atoms with Crippen LogP contribution < -0.4 is 4.74 Å². The molecule has 0 aliphatic heterocycles. The number of rotatable bonds is 9. The number of unbranched alkanes of at least 4 members (excludes halogenated alkanes) is 2. The van der Waals surface area contributed by atoms with Gasteiger partial charge in [0.15, 0.2) is 0 Å². The van der Waals surface area contributed by atoms with Crippen LogP contribution in [-0.2, 0) is 9.53 Å². The van der Waals surface area contributed by atoms with Crippen LogP contribution in [0.2, 0.25) is 0 Å². The Morgan fingerprint density at radius 1 is 0.926 bits per heavy atom. The van der Waals surface area contributed by atoms with E-state index in [1.165, 1.54) is 0 Å². The number of esters is 1. The molecule has 0 fully saturated rings. The molecule has 1 heterocycles. The monoisotopic (exact) mass is 366 g/mol. The summed E-state index contributed by atoms with van der Waals surface area (Å²) in [6.45, 7) is 5.00. The van der Waals surface area contributed by atoms with Crippen LogP contribution in [0.15, 0.2) is 42.5 Å². The van der Waals surface area contributed by atoms with Crippen LogP contribution in [0.1, 0.15) is 39.5 Å². The smallest absolute Gasteiger partial charge is 0.308 e. The van der Waals surface area contributed by atoms with Gasteiger partial charge in [-0.25, -0.2) is 9.97 Å². The van der Waals surface area contributed by atoms with Crippen LogP contribution >= 0.6 is 0 Å². The minimum atomic E-state index is -0.0986. The highest BCUT2D eigenvalue weighted by Gasteiger charge is 2.11. The van der Waals surface area contributed by atoms with E-state index in [1.807, 2.05) is 56.3 Å². The number of benzene rings is 2. The fraction of sp³-hybridized carbons (Fsp3) is 0.409. The largest absolute Gasteiger partial charge is 0.494 e. The molecule has 0 aliphatic rings. The molecule has 1 atom stereocenters. The highest BCUT2D eigenvalue weighted by molar-refractivity contribution is 5.86. The topological polar surface area (TPSA) is 61.3 Å². The summed E-state index contributed by atoms with van der Waals surface area (Å²) < 4.78 is 11.1. The molecule has 27 heavy (non-hydrogen) atoms. The van der Waals surface area contributed by atoms with Gasteiger partial charge in [-0.3, -0.25) is 4.79 Å². The summed E-state index contributed by atoms with van der Waals surface area (Å²) in [7, 11) is 0. The average molecular weight is 366 g/mol. The SMILES string of the molecule is CCC(C)C(=O)OCCCCCOc1ccc2nc3ccccc3nc2c1. The van der Waals surface area contributed by atoms with Crippen LogP contribution in [0.4, 0.5) is 0 Å². The third-order valence-corrected chi connectivity index (χ3v) is 4.63. The molecule has 0 bridgehead atoms. The predicted octanol–water partition coefficient (Wildman–Crippen LogP) is 4.92. The van der Waals surface area contributed by atoms with Gasteiger partial charge in [-0.1, -0.05) is 26.0 Å². The Balaban J connectivity index is 1.44. The van der Waals surface area contributed by atoms with E-state index in [-0.39, 0.29) is 11.9 Å². The Morgan fingerprint density at radius 3 is 2.33 bits per heavy atom. The van der Waals surface area contributed by atoms with Gasteiger partial charge in [0.25, 0.3) is 0 Å². The van der Waals surface area contributed by atoms with E-state index in [9.17, 15) is 4.79 Å². The van der Waals surface area contributed by atoms with Crippen molar-refractivity contribution >= 4 is 28.0 Å². The van der Waals surface area contributed by atoms with Crippen molar-refractivity contribution in [3.05, 3.63) is 42.5 Å². The van der Waals surface area contributed by atoms with Crippen molar-refractivity contribution in [2.75, 3.05) is 13.2 Å². The molecule has 3 rings (SSSR count). The van der Waals surface area contributed by atoms with E-state index in [0.29, 0.717) is 13.2 Å². The van der Waals surface area contributed by atoms with Gasteiger partial charge >= 0.3 is 5.97 Å². The molecule has 3 aromatic rings. The van der Waals surface area contributed by atoms with Gasteiger partial charge in [0.05, 0.1) is 41.2 Å². The van der Waals surface area contributed by atoms with Gasteiger partial charge in [0, 0.05) is 6.07 Å². The number of carbonyl (C=O) groups excluding carboxylic acids is 1. The number of ether oxygens (including phenoxy) is 2. The van der Waals surface area contributed by atoms with Gasteiger partial charge in [0.1, 0.15) is 5.75 Å². The first-order chi connectivity index (χ1) is 13.2. The Hall–Kier alpha value is -2.69. The maximum Gasteiger partial charge on any atom is 0.308 e. The second-order valence-corrected chi connectivity index (χ2v) is 6.75. The van der Waals surface area contributed by atoms with Crippen molar-refractivity contribution in [1.29, 1.82) is 0 Å². The van der Waals surface area contributed by atoms with E-state index in [4.69, 9.17) is 9.47 Å². The zero-order chi connectivity index (χ0) is 19.1. The van der Waals surface area contributed by atoms with Gasteiger partial charge in [0.2, 0.25) is 0 Å². The lowest BCUT2D eigenvalue weighted by atomic mass is 10.1. The number of hydrogen-bond donors (Lipinski definition) is 0. The lowest BCUT2D eigenvalue weighted by Crippen LogP contribution is -2.14. The molecule has 5 heteroatoms. The number of hydrogen-bond acceptors (Lipinski definition) is 5. The Morgan fingerprint density at radius 2 is 1.59 bits per heavy atom. The molecule has 5 nitrogen and oxygen atoms in total. The number of carbonyl (C=O) groups is 1. The van der Waals surface area contributed by atoms with Crippen molar-refractivity contribution < 1.29 is 14.3 Å². The summed E-state index contributed by atoms with van der Waals surface area (Å²) in [6, 6.07) is 13.7. The lowest BCUT2D eigenvalue weighted by molar-refractivity contribution is -0.148. The zero-order valence-electron chi connectivity index (χ0n) is 16.0. The molecule has 0 saturated heterocycles. The van der Waals surface area contributed by atoms with E-state index >= 15 is 0 Å². The summed E-state index contributed by atoms with van der Waals surface area (Å²) in [5.41, 5.74) is 3.48. The molecular weight excluding hydrogens is 340 g/mol. The third-order valence-electron chi connectivity index (χ3n) is 4.63. The van der Waals surface area contributed by atoms with Gasteiger partial charge in [-0.15, -0.1) is 0 Å².